The van der Waals surface area contributed by atoms with Crippen LogP contribution in [0.3, 0.4) is 0 Å². The lowest BCUT2D eigenvalue weighted by Crippen LogP contribution is -2.47. The van der Waals surface area contributed by atoms with Gasteiger partial charge in [-0.1, -0.05) is 24.3 Å². The van der Waals surface area contributed by atoms with Crippen molar-refractivity contribution in [1.29, 1.82) is 0 Å². The van der Waals surface area contributed by atoms with Crippen LogP contribution in [-0.4, -0.2) is 34.5 Å². The number of aliphatic carboxylic acids is 1. The Kier molecular flexibility index (Phi) is 4.79. The Hall–Kier alpha value is -2.82. The molecule has 1 heterocycles. The fourth-order valence-electron chi connectivity index (χ4n) is 3.02. The van der Waals surface area contributed by atoms with Gasteiger partial charge in [0.2, 0.25) is 0 Å². The highest BCUT2D eigenvalue weighted by atomic mass is 16.4. The van der Waals surface area contributed by atoms with Gasteiger partial charge in [0.1, 0.15) is 6.04 Å². The Morgan fingerprint density at radius 3 is 2.50 bits per heavy atom. The molecule has 1 aliphatic heterocycles. The summed E-state index contributed by atoms with van der Waals surface area (Å²) in [5.74, 6) is -1.15. The molecule has 0 radical (unpaired) electrons. The molecule has 24 heavy (non-hydrogen) atoms. The SMILES string of the molecule is O=C(O)C1CCCCN1C(=O)c1cccc(Nc2ccccc2)c1. The topological polar surface area (TPSA) is 69.6 Å². The second-order valence-corrected chi connectivity index (χ2v) is 5.92. The number of para-hydroxylation sites is 1. The maximum absolute atomic E-state index is 12.8. The molecular weight excluding hydrogens is 304 g/mol. The molecule has 5 heteroatoms. The van der Waals surface area contributed by atoms with Crippen LogP contribution in [0.2, 0.25) is 0 Å². The predicted octanol–water partition coefficient (Wildman–Crippen LogP) is 3.51. The van der Waals surface area contributed by atoms with Crippen molar-refractivity contribution >= 4 is 23.3 Å². The average Bonchev–Trinajstić information content (AvgIpc) is 2.62. The summed E-state index contributed by atoms with van der Waals surface area (Å²) in [5, 5.41) is 12.6. The maximum atomic E-state index is 12.8. The van der Waals surface area contributed by atoms with Crippen LogP contribution in [0.4, 0.5) is 11.4 Å². The molecule has 1 unspecified atom stereocenters. The molecule has 1 amide bonds. The molecule has 0 spiro atoms. The van der Waals surface area contributed by atoms with E-state index in [4.69, 9.17) is 0 Å². The van der Waals surface area contributed by atoms with Crippen molar-refractivity contribution in [2.75, 3.05) is 11.9 Å². The number of amides is 1. The number of hydrogen-bond donors (Lipinski definition) is 2. The van der Waals surface area contributed by atoms with Gasteiger partial charge in [-0.05, 0) is 49.6 Å². The molecule has 1 aliphatic rings. The molecule has 1 saturated heterocycles. The van der Waals surface area contributed by atoms with Crippen molar-refractivity contribution in [3.63, 3.8) is 0 Å². The van der Waals surface area contributed by atoms with Gasteiger partial charge in [0.25, 0.3) is 5.91 Å². The van der Waals surface area contributed by atoms with E-state index in [2.05, 4.69) is 5.32 Å². The lowest BCUT2D eigenvalue weighted by atomic mass is 10.0. The molecule has 0 aliphatic carbocycles. The highest BCUT2D eigenvalue weighted by molar-refractivity contribution is 5.97. The molecule has 0 bridgehead atoms. The highest BCUT2D eigenvalue weighted by Gasteiger charge is 2.32. The number of benzene rings is 2. The maximum Gasteiger partial charge on any atom is 0.326 e. The summed E-state index contributed by atoms with van der Waals surface area (Å²) in [7, 11) is 0. The fraction of sp³-hybridized carbons (Fsp3) is 0.263. The lowest BCUT2D eigenvalue weighted by molar-refractivity contribution is -0.143. The van der Waals surface area contributed by atoms with E-state index in [0.29, 0.717) is 18.5 Å². The van der Waals surface area contributed by atoms with Gasteiger partial charge in [-0.25, -0.2) is 4.79 Å². The van der Waals surface area contributed by atoms with E-state index in [1.807, 2.05) is 36.4 Å². The van der Waals surface area contributed by atoms with Crippen LogP contribution in [0.25, 0.3) is 0 Å². The lowest BCUT2D eigenvalue weighted by Gasteiger charge is -2.33. The molecule has 1 atom stereocenters. The number of hydrogen-bond acceptors (Lipinski definition) is 3. The van der Waals surface area contributed by atoms with Crippen molar-refractivity contribution in [2.24, 2.45) is 0 Å². The van der Waals surface area contributed by atoms with Gasteiger partial charge in [0.05, 0.1) is 0 Å². The largest absolute Gasteiger partial charge is 0.480 e. The number of piperidine rings is 1. The number of likely N-dealkylation sites (tertiary alicyclic amines) is 1. The van der Waals surface area contributed by atoms with Crippen molar-refractivity contribution in [3.8, 4) is 0 Å². The zero-order valence-corrected chi connectivity index (χ0v) is 13.3. The monoisotopic (exact) mass is 324 g/mol. The van der Waals surface area contributed by atoms with Crippen LogP contribution >= 0.6 is 0 Å². The first-order chi connectivity index (χ1) is 11.6. The molecule has 2 aromatic rings. The average molecular weight is 324 g/mol. The molecular formula is C19H20N2O3. The number of carboxylic acid groups (broad SMARTS) is 1. The Morgan fingerprint density at radius 2 is 1.75 bits per heavy atom. The number of nitrogens with zero attached hydrogens (tertiary/aromatic N) is 1. The van der Waals surface area contributed by atoms with Gasteiger partial charge < -0.3 is 15.3 Å². The Balaban J connectivity index is 1.80. The quantitative estimate of drug-likeness (QED) is 0.903. The van der Waals surface area contributed by atoms with Gasteiger partial charge in [0, 0.05) is 23.5 Å². The number of carboxylic acids is 1. The van der Waals surface area contributed by atoms with Crippen molar-refractivity contribution < 1.29 is 14.7 Å². The minimum absolute atomic E-state index is 0.223. The van der Waals surface area contributed by atoms with Gasteiger partial charge in [-0.15, -0.1) is 0 Å². The van der Waals surface area contributed by atoms with Crippen LogP contribution in [0.5, 0.6) is 0 Å². The van der Waals surface area contributed by atoms with Crippen LogP contribution in [0.1, 0.15) is 29.6 Å². The van der Waals surface area contributed by atoms with Gasteiger partial charge >= 0.3 is 5.97 Å². The van der Waals surface area contributed by atoms with Gasteiger partial charge in [-0.3, -0.25) is 4.79 Å². The summed E-state index contributed by atoms with van der Waals surface area (Å²) < 4.78 is 0. The first kappa shape index (κ1) is 16.1. The normalized spacial score (nSPS) is 17.3. The first-order valence-corrected chi connectivity index (χ1v) is 8.11. The number of rotatable bonds is 4. The second-order valence-electron chi connectivity index (χ2n) is 5.92. The Bertz CT molecular complexity index is 730. The van der Waals surface area contributed by atoms with E-state index in [9.17, 15) is 14.7 Å². The summed E-state index contributed by atoms with van der Waals surface area (Å²) in [6.07, 6.45) is 2.21. The summed E-state index contributed by atoms with van der Waals surface area (Å²) in [6.45, 7) is 0.492. The van der Waals surface area contributed by atoms with Crippen molar-refractivity contribution in [1.82, 2.24) is 4.90 Å². The summed E-state index contributed by atoms with van der Waals surface area (Å²) in [5.41, 5.74) is 2.24. The number of anilines is 2. The molecule has 2 aromatic carbocycles. The second kappa shape index (κ2) is 7.17. The smallest absolute Gasteiger partial charge is 0.326 e. The molecule has 3 rings (SSSR count). The van der Waals surface area contributed by atoms with Crippen LogP contribution < -0.4 is 5.32 Å². The molecule has 0 aromatic heterocycles. The van der Waals surface area contributed by atoms with E-state index in [0.717, 1.165) is 24.2 Å². The van der Waals surface area contributed by atoms with E-state index >= 15 is 0 Å². The molecule has 2 N–H and O–H groups in total. The zero-order chi connectivity index (χ0) is 16.9. The first-order valence-electron chi connectivity index (χ1n) is 8.11. The number of carbonyl (C=O) groups excluding carboxylic acids is 1. The predicted molar refractivity (Wildman–Crippen MR) is 92.5 cm³/mol. The summed E-state index contributed by atoms with van der Waals surface area (Å²) in [4.78, 5) is 25.6. The van der Waals surface area contributed by atoms with Crippen molar-refractivity contribution in [2.45, 2.75) is 25.3 Å². The molecule has 5 nitrogen and oxygen atoms in total. The standard InChI is InChI=1S/C19H20N2O3/c22-18(21-12-5-4-11-17(21)19(23)24)14-7-6-10-16(13-14)20-15-8-2-1-3-9-15/h1-3,6-10,13,17,20H,4-5,11-12H2,(H,23,24). The van der Waals surface area contributed by atoms with E-state index < -0.39 is 12.0 Å². The Labute approximate surface area is 140 Å². The van der Waals surface area contributed by atoms with Gasteiger partial charge in [-0.2, -0.15) is 0 Å². The van der Waals surface area contributed by atoms with Crippen LogP contribution in [0.15, 0.2) is 54.6 Å². The Morgan fingerprint density at radius 1 is 1.00 bits per heavy atom. The third-order valence-electron chi connectivity index (χ3n) is 4.22. The third kappa shape index (κ3) is 3.56. The summed E-state index contributed by atoms with van der Waals surface area (Å²) >= 11 is 0. The number of carbonyl (C=O) groups is 2. The van der Waals surface area contributed by atoms with E-state index in [-0.39, 0.29) is 5.91 Å². The summed E-state index contributed by atoms with van der Waals surface area (Å²) in [6, 6.07) is 16.1. The number of nitrogens with one attached hydrogen (secondary N) is 1. The zero-order valence-electron chi connectivity index (χ0n) is 13.3. The van der Waals surface area contributed by atoms with Crippen LogP contribution in [0, 0.1) is 0 Å². The third-order valence-corrected chi connectivity index (χ3v) is 4.22. The van der Waals surface area contributed by atoms with Gasteiger partial charge in [0.15, 0.2) is 0 Å². The minimum atomic E-state index is -0.929. The van der Waals surface area contributed by atoms with Crippen LogP contribution in [-0.2, 0) is 4.79 Å². The van der Waals surface area contributed by atoms with Crippen molar-refractivity contribution in [3.05, 3.63) is 60.2 Å². The molecule has 124 valence electrons. The molecule has 1 fully saturated rings. The van der Waals surface area contributed by atoms with E-state index in [1.54, 1.807) is 18.2 Å². The fourth-order valence-corrected chi connectivity index (χ4v) is 3.02. The minimum Gasteiger partial charge on any atom is -0.480 e. The van der Waals surface area contributed by atoms with E-state index in [1.165, 1.54) is 4.90 Å². The highest BCUT2D eigenvalue weighted by Crippen LogP contribution is 2.22. The molecule has 0 saturated carbocycles.